The summed E-state index contributed by atoms with van der Waals surface area (Å²) in [6.45, 7) is 4.90. The number of anilines is 1. The van der Waals surface area contributed by atoms with Crippen molar-refractivity contribution in [2.75, 3.05) is 37.8 Å². The largest absolute Gasteiger partial charge is 0.369 e. The fourth-order valence-electron chi connectivity index (χ4n) is 3.35. The molecule has 28 heavy (non-hydrogen) atoms. The third-order valence-corrected chi connectivity index (χ3v) is 6.11. The molecule has 0 bridgehead atoms. The van der Waals surface area contributed by atoms with E-state index in [9.17, 15) is 0 Å². The van der Waals surface area contributed by atoms with Gasteiger partial charge in [0.2, 0.25) is 0 Å². The topological polar surface area (TPSA) is 53.1 Å². The zero-order valence-electron chi connectivity index (χ0n) is 16.1. The fraction of sp³-hybridized carbons (Fsp3) is 0.500. The maximum absolute atomic E-state index is 6.12. The highest BCUT2D eigenvalue weighted by Crippen LogP contribution is 2.24. The number of rotatable bonds is 9. The van der Waals surface area contributed by atoms with Crippen molar-refractivity contribution in [3.63, 3.8) is 0 Å². The minimum Gasteiger partial charge on any atom is -0.369 e. The Bertz CT molecular complexity index is 753. The van der Waals surface area contributed by atoms with Gasteiger partial charge in [0, 0.05) is 31.9 Å². The monoisotopic (exact) mass is 439 g/mol. The van der Waals surface area contributed by atoms with Gasteiger partial charge in [0.1, 0.15) is 11.6 Å². The minimum atomic E-state index is 0.573. The highest BCUT2D eigenvalue weighted by molar-refractivity contribution is 7.97. The van der Waals surface area contributed by atoms with Crippen LogP contribution in [0.1, 0.15) is 24.2 Å². The van der Waals surface area contributed by atoms with E-state index in [-0.39, 0.29) is 0 Å². The number of hydrogen-bond donors (Lipinski definition) is 2. The van der Waals surface area contributed by atoms with E-state index in [1.807, 2.05) is 24.4 Å². The second-order valence-corrected chi connectivity index (χ2v) is 8.65. The van der Waals surface area contributed by atoms with Crippen molar-refractivity contribution >= 4 is 40.8 Å². The summed E-state index contributed by atoms with van der Waals surface area (Å²) in [5.74, 6) is 2.62. The summed E-state index contributed by atoms with van der Waals surface area (Å²) in [6, 6.07) is 8.40. The van der Waals surface area contributed by atoms with Gasteiger partial charge in [0.05, 0.1) is 15.8 Å². The molecule has 0 amide bonds. The van der Waals surface area contributed by atoms with E-state index < -0.39 is 0 Å². The van der Waals surface area contributed by atoms with Crippen LogP contribution in [-0.2, 0) is 12.3 Å². The number of halogens is 2. The minimum absolute atomic E-state index is 0.573. The zero-order chi connectivity index (χ0) is 19.8. The molecule has 5 nitrogen and oxygen atoms in total. The molecule has 3 rings (SSSR count). The Balaban J connectivity index is 1.33. The average Bonchev–Trinajstić information content (AvgIpc) is 2.70. The Labute approximate surface area is 181 Å². The molecule has 1 aromatic heterocycles. The Kier molecular flexibility index (Phi) is 8.67. The number of likely N-dealkylation sites (tertiary alicyclic amines) is 1. The number of benzene rings is 1. The number of nitrogens with zero attached hydrogens (tertiary/aromatic N) is 3. The highest BCUT2D eigenvalue weighted by atomic mass is 35.5. The maximum atomic E-state index is 6.12. The Morgan fingerprint density at radius 2 is 1.96 bits per heavy atom. The third-order valence-electron chi connectivity index (χ3n) is 4.82. The van der Waals surface area contributed by atoms with Gasteiger partial charge in [-0.3, -0.25) is 4.90 Å². The summed E-state index contributed by atoms with van der Waals surface area (Å²) in [5, 5.41) is 8.28. The Morgan fingerprint density at radius 1 is 1.14 bits per heavy atom. The summed E-state index contributed by atoms with van der Waals surface area (Å²) in [5.41, 5.74) is 1.22. The second kappa shape index (κ2) is 11.2. The lowest BCUT2D eigenvalue weighted by atomic mass is 10.0. The number of thioether (sulfide) groups is 1. The molecule has 152 valence electrons. The molecule has 8 heteroatoms. The molecule has 0 radical (unpaired) electrons. The number of aromatic nitrogens is 2. The number of nitrogens with one attached hydrogen (secondary N) is 2. The van der Waals surface area contributed by atoms with Crippen molar-refractivity contribution in [1.29, 1.82) is 0 Å². The van der Waals surface area contributed by atoms with Gasteiger partial charge < -0.3 is 10.6 Å². The van der Waals surface area contributed by atoms with Gasteiger partial charge in [0.25, 0.3) is 0 Å². The van der Waals surface area contributed by atoms with Crippen LogP contribution in [0.5, 0.6) is 0 Å². The summed E-state index contributed by atoms with van der Waals surface area (Å²) in [6.07, 6.45) is 6.20. The molecule has 2 heterocycles. The standard InChI is InChI=1S/C20H27Cl2N5S/c1-28-14-20-24-7-4-19(26-20)25-9-8-23-16-5-10-27(11-6-16)13-15-2-3-17(21)18(22)12-15/h2-4,7,12,16,23H,5-6,8-11,13-14H2,1H3,(H,24,25,26). The molecule has 1 aliphatic heterocycles. The first-order chi connectivity index (χ1) is 13.6. The fourth-order valence-corrected chi connectivity index (χ4v) is 4.07. The first-order valence-corrected chi connectivity index (χ1v) is 11.7. The normalized spacial score (nSPS) is 15.7. The van der Waals surface area contributed by atoms with E-state index in [0.29, 0.717) is 16.1 Å². The molecular formula is C20H27Cl2N5S. The van der Waals surface area contributed by atoms with Crippen molar-refractivity contribution in [1.82, 2.24) is 20.2 Å². The van der Waals surface area contributed by atoms with E-state index in [2.05, 4.69) is 37.8 Å². The molecule has 1 fully saturated rings. The van der Waals surface area contributed by atoms with Gasteiger partial charge in [-0.2, -0.15) is 11.8 Å². The molecule has 0 aliphatic carbocycles. The SMILES string of the molecule is CSCc1nccc(NCCNC2CCN(Cc3ccc(Cl)c(Cl)c3)CC2)n1. The van der Waals surface area contributed by atoms with Gasteiger partial charge in [-0.15, -0.1) is 0 Å². The van der Waals surface area contributed by atoms with Crippen LogP contribution in [0.4, 0.5) is 5.82 Å². The van der Waals surface area contributed by atoms with Crippen LogP contribution < -0.4 is 10.6 Å². The molecule has 0 spiro atoms. The predicted molar refractivity (Wildman–Crippen MR) is 121 cm³/mol. The van der Waals surface area contributed by atoms with Crippen LogP contribution in [0.2, 0.25) is 10.0 Å². The van der Waals surface area contributed by atoms with E-state index in [4.69, 9.17) is 23.2 Å². The van der Waals surface area contributed by atoms with Crippen LogP contribution in [0.25, 0.3) is 0 Å². The molecule has 1 saturated heterocycles. The summed E-state index contributed by atoms with van der Waals surface area (Å²) in [4.78, 5) is 11.3. The van der Waals surface area contributed by atoms with Crippen molar-refractivity contribution in [2.24, 2.45) is 0 Å². The molecule has 2 N–H and O–H groups in total. The number of hydrogen-bond acceptors (Lipinski definition) is 6. The van der Waals surface area contributed by atoms with Crippen LogP contribution in [0, 0.1) is 0 Å². The van der Waals surface area contributed by atoms with Gasteiger partial charge in [-0.05, 0) is 55.9 Å². The molecule has 2 aromatic rings. The van der Waals surface area contributed by atoms with Crippen LogP contribution in [0.3, 0.4) is 0 Å². The van der Waals surface area contributed by atoms with E-state index in [0.717, 1.165) is 63.0 Å². The lowest BCUT2D eigenvalue weighted by Gasteiger charge is -2.32. The lowest BCUT2D eigenvalue weighted by Crippen LogP contribution is -2.43. The Morgan fingerprint density at radius 3 is 2.71 bits per heavy atom. The second-order valence-electron chi connectivity index (χ2n) is 6.97. The number of piperidine rings is 1. The third kappa shape index (κ3) is 6.78. The average molecular weight is 440 g/mol. The molecular weight excluding hydrogens is 413 g/mol. The van der Waals surface area contributed by atoms with Gasteiger partial charge in [-0.25, -0.2) is 9.97 Å². The molecule has 1 aliphatic rings. The van der Waals surface area contributed by atoms with E-state index in [1.54, 1.807) is 11.8 Å². The maximum Gasteiger partial charge on any atom is 0.140 e. The predicted octanol–water partition coefficient (Wildman–Crippen LogP) is 4.31. The van der Waals surface area contributed by atoms with Crippen LogP contribution >= 0.6 is 35.0 Å². The first-order valence-electron chi connectivity index (χ1n) is 9.58. The molecule has 0 saturated carbocycles. The van der Waals surface area contributed by atoms with Gasteiger partial charge in [0.15, 0.2) is 0 Å². The van der Waals surface area contributed by atoms with Crippen molar-refractivity contribution in [3.05, 3.63) is 51.9 Å². The molecule has 0 atom stereocenters. The van der Waals surface area contributed by atoms with Crippen molar-refractivity contribution in [2.45, 2.75) is 31.2 Å². The lowest BCUT2D eigenvalue weighted by molar-refractivity contribution is 0.191. The van der Waals surface area contributed by atoms with Crippen LogP contribution in [-0.4, -0.2) is 53.3 Å². The molecule has 1 aromatic carbocycles. The van der Waals surface area contributed by atoms with Gasteiger partial charge in [-0.1, -0.05) is 29.3 Å². The smallest absolute Gasteiger partial charge is 0.140 e. The van der Waals surface area contributed by atoms with E-state index >= 15 is 0 Å². The summed E-state index contributed by atoms with van der Waals surface area (Å²) >= 11 is 13.8. The quantitative estimate of drug-likeness (QED) is 0.567. The van der Waals surface area contributed by atoms with Crippen molar-refractivity contribution < 1.29 is 0 Å². The Hall–Kier alpha value is -1.05. The van der Waals surface area contributed by atoms with Crippen LogP contribution in [0.15, 0.2) is 30.5 Å². The summed E-state index contributed by atoms with van der Waals surface area (Å²) < 4.78 is 0. The zero-order valence-corrected chi connectivity index (χ0v) is 18.5. The summed E-state index contributed by atoms with van der Waals surface area (Å²) in [7, 11) is 0. The van der Waals surface area contributed by atoms with E-state index in [1.165, 1.54) is 5.56 Å². The highest BCUT2D eigenvalue weighted by Gasteiger charge is 2.18. The first kappa shape index (κ1) is 21.7. The van der Waals surface area contributed by atoms with Gasteiger partial charge >= 0.3 is 0 Å². The molecule has 0 unspecified atom stereocenters. The van der Waals surface area contributed by atoms with Crippen molar-refractivity contribution in [3.8, 4) is 0 Å².